The molecule has 3 rings (SSSR count). The SMILES string of the molecule is CC(NC(=O)c1ccoc1)C(=O)NNC(=O)Cc1c[nH]c2ccccc12. The van der Waals surface area contributed by atoms with Crippen molar-refractivity contribution in [2.75, 3.05) is 0 Å². The molecule has 0 aliphatic heterocycles. The van der Waals surface area contributed by atoms with E-state index in [1.54, 1.807) is 6.20 Å². The molecule has 3 aromatic rings. The van der Waals surface area contributed by atoms with Crippen LogP contribution in [0.1, 0.15) is 22.8 Å². The summed E-state index contributed by atoms with van der Waals surface area (Å²) in [6.45, 7) is 1.51. The molecule has 3 amide bonds. The summed E-state index contributed by atoms with van der Waals surface area (Å²) in [5.41, 5.74) is 6.74. The highest BCUT2D eigenvalue weighted by atomic mass is 16.3. The van der Waals surface area contributed by atoms with E-state index >= 15 is 0 Å². The molecule has 0 saturated carbocycles. The van der Waals surface area contributed by atoms with Gasteiger partial charge >= 0.3 is 0 Å². The number of carbonyl (C=O) groups excluding carboxylic acids is 3. The molecule has 0 aliphatic rings. The largest absolute Gasteiger partial charge is 0.472 e. The fourth-order valence-corrected chi connectivity index (χ4v) is 2.47. The zero-order valence-electron chi connectivity index (χ0n) is 14.0. The van der Waals surface area contributed by atoms with Crippen LogP contribution in [0.5, 0.6) is 0 Å². The lowest BCUT2D eigenvalue weighted by atomic mass is 10.1. The molecule has 134 valence electrons. The Morgan fingerprint density at radius 1 is 1.15 bits per heavy atom. The van der Waals surface area contributed by atoms with Gasteiger partial charge in [0.05, 0.1) is 18.2 Å². The second kappa shape index (κ2) is 7.56. The minimum Gasteiger partial charge on any atom is -0.472 e. The van der Waals surface area contributed by atoms with Crippen LogP contribution in [0, 0.1) is 0 Å². The van der Waals surface area contributed by atoms with Gasteiger partial charge in [-0.05, 0) is 24.6 Å². The minimum atomic E-state index is -0.828. The number of fused-ring (bicyclic) bond motifs is 1. The highest BCUT2D eigenvalue weighted by Crippen LogP contribution is 2.17. The number of para-hydroxylation sites is 1. The van der Waals surface area contributed by atoms with Crippen molar-refractivity contribution in [1.82, 2.24) is 21.2 Å². The molecule has 0 radical (unpaired) electrons. The van der Waals surface area contributed by atoms with Gasteiger partial charge in [-0.15, -0.1) is 0 Å². The smallest absolute Gasteiger partial charge is 0.260 e. The number of aromatic nitrogens is 1. The first-order chi connectivity index (χ1) is 12.5. The predicted octanol–water partition coefficient (Wildman–Crippen LogP) is 1.27. The van der Waals surface area contributed by atoms with E-state index in [9.17, 15) is 14.4 Å². The summed E-state index contributed by atoms with van der Waals surface area (Å²) < 4.78 is 4.82. The lowest BCUT2D eigenvalue weighted by Crippen LogP contribution is -2.51. The van der Waals surface area contributed by atoms with Gasteiger partial charge in [0.15, 0.2) is 0 Å². The standard InChI is InChI=1S/C18H18N4O4/c1-11(20-18(25)12-6-7-26-10-12)17(24)22-21-16(23)8-13-9-19-15-5-3-2-4-14(13)15/h2-7,9-11,19H,8H2,1H3,(H,20,25)(H,21,23)(H,22,24). The van der Waals surface area contributed by atoms with Gasteiger partial charge in [0.2, 0.25) is 5.91 Å². The Balaban J connectivity index is 1.49. The maximum Gasteiger partial charge on any atom is 0.260 e. The average Bonchev–Trinajstić information content (AvgIpc) is 3.30. The molecule has 0 fully saturated rings. The maximum atomic E-state index is 12.1. The maximum absolute atomic E-state index is 12.1. The van der Waals surface area contributed by atoms with E-state index in [-0.39, 0.29) is 12.3 Å². The van der Waals surface area contributed by atoms with Gasteiger partial charge < -0.3 is 14.7 Å². The molecular formula is C18H18N4O4. The van der Waals surface area contributed by atoms with Crippen LogP contribution < -0.4 is 16.2 Å². The molecule has 0 aliphatic carbocycles. The summed E-state index contributed by atoms with van der Waals surface area (Å²) in [6.07, 6.45) is 4.52. The lowest BCUT2D eigenvalue weighted by molar-refractivity contribution is -0.129. The third-order valence-corrected chi connectivity index (χ3v) is 3.88. The number of hydrogen-bond donors (Lipinski definition) is 4. The predicted molar refractivity (Wildman–Crippen MR) is 93.9 cm³/mol. The van der Waals surface area contributed by atoms with E-state index < -0.39 is 17.9 Å². The van der Waals surface area contributed by atoms with E-state index in [0.29, 0.717) is 5.56 Å². The summed E-state index contributed by atoms with van der Waals surface area (Å²) in [4.78, 5) is 39.0. The summed E-state index contributed by atoms with van der Waals surface area (Å²) in [5.74, 6) is -1.34. The molecule has 2 heterocycles. The highest BCUT2D eigenvalue weighted by Gasteiger charge is 2.18. The number of benzene rings is 1. The van der Waals surface area contributed by atoms with Crippen molar-refractivity contribution in [3.8, 4) is 0 Å². The van der Waals surface area contributed by atoms with Crippen molar-refractivity contribution >= 4 is 28.6 Å². The van der Waals surface area contributed by atoms with Crippen molar-refractivity contribution < 1.29 is 18.8 Å². The summed E-state index contributed by atoms with van der Waals surface area (Å²) >= 11 is 0. The monoisotopic (exact) mass is 354 g/mol. The van der Waals surface area contributed by atoms with Gasteiger partial charge in [0.1, 0.15) is 12.3 Å². The fraction of sp³-hybridized carbons (Fsp3) is 0.167. The Kier molecular flexibility index (Phi) is 5.02. The minimum absolute atomic E-state index is 0.111. The summed E-state index contributed by atoms with van der Waals surface area (Å²) in [7, 11) is 0. The van der Waals surface area contributed by atoms with Crippen LogP contribution in [0.4, 0.5) is 0 Å². The first-order valence-corrected chi connectivity index (χ1v) is 8.01. The zero-order valence-corrected chi connectivity index (χ0v) is 14.0. The van der Waals surface area contributed by atoms with Crippen LogP contribution >= 0.6 is 0 Å². The molecule has 1 aromatic carbocycles. The van der Waals surface area contributed by atoms with Crippen molar-refractivity contribution in [2.24, 2.45) is 0 Å². The lowest BCUT2D eigenvalue weighted by Gasteiger charge is -2.14. The second-order valence-electron chi connectivity index (χ2n) is 5.78. The van der Waals surface area contributed by atoms with Crippen LogP contribution in [0.3, 0.4) is 0 Å². The van der Waals surface area contributed by atoms with Crippen LogP contribution in [0.2, 0.25) is 0 Å². The Morgan fingerprint density at radius 2 is 1.96 bits per heavy atom. The quantitative estimate of drug-likeness (QED) is 0.516. The van der Waals surface area contributed by atoms with E-state index in [0.717, 1.165) is 16.5 Å². The molecule has 1 atom stereocenters. The normalized spacial score (nSPS) is 11.7. The highest BCUT2D eigenvalue weighted by molar-refractivity contribution is 5.97. The van der Waals surface area contributed by atoms with Crippen LogP contribution in [-0.4, -0.2) is 28.7 Å². The number of hydrogen-bond acceptors (Lipinski definition) is 4. The van der Waals surface area contributed by atoms with E-state index in [1.807, 2.05) is 24.3 Å². The number of H-pyrrole nitrogens is 1. The molecule has 0 bridgehead atoms. The number of furan rings is 1. The molecular weight excluding hydrogens is 336 g/mol. The van der Waals surface area contributed by atoms with E-state index in [4.69, 9.17) is 4.42 Å². The van der Waals surface area contributed by atoms with Crippen LogP contribution in [0.25, 0.3) is 10.9 Å². The van der Waals surface area contributed by atoms with Crippen molar-refractivity contribution in [1.29, 1.82) is 0 Å². The van der Waals surface area contributed by atoms with Crippen LogP contribution in [-0.2, 0) is 16.0 Å². The third-order valence-electron chi connectivity index (χ3n) is 3.88. The first-order valence-electron chi connectivity index (χ1n) is 8.01. The zero-order chi connectivity index (χ0) is 18.5. The van der Waals surface area contributed by atoms with Gasteiger partial charge in [0, 0.05) is 17.1 Å². The summed E-state index contributed by atoms with van der Waals surface area (Å²) in [6, 6.07) is 8.30. The molecule has 8 heteroatoms. The molecule has 26 heavy (non-hydrogen) atoms. The molecule has 2 aromatic heterocycles. The van der Waals surface area contributed by atoms with Crippen molar-refractivity contribution in [3.05, 3.63) is 60.2 Å². The number of amides is 3. The van der Waals surface area contributed by atoms with E-state index in [2.05, 4.69) is 21.2 Å². The Labute approximate surface area is 148 Å². The number of nitrogens with one attached hydrogen (secondary N) is 4. The number of rotatable bonds is 5. The molecule has 1 unspecified atom stereocenters. The van der Waals surface area contributed by atoms with Gasteiger partial charge in [-0.2, -0.15) is 0 Å². The van der Waals surface area contributed by atoms with Crippen molar-refractivity contribution in [2.45, 2.75) is 19.4 Å². The Morgan fingerprint density at radius 3 is 2.73 bits per heavy atom. The molecule has 0 spiro atoms. The van der Waals surface area contributed by atoms with Gasteiger partial charge in [-0.25, -0.2) is 0 Å². The average molecular weight is 354 g/mol. The van der Waals surface area contributed by atoms with Gasteiger partial charge in [-0.3, -0.25) is 25.2 Å². The molecule has 8 nitrogen and oxygen atoms in total. The van der Waals surface area contributed by atoms with Gasteiger partial charge in [-0.1, -0.05) is 18.2 Å². The first kappa shape index (κ1) is 17.3. The number of carbonyl (C=O) groups is 3. The number of hydrazine groups is 1. The fourth-order valence-electron chi connectivity index (χ4n) is 2.47. The van der Waals surface area contributed by atoms with Crippen molar-refractivity contribution in [3.63, 3.8) is 0 Å². The van der Waals surface area contributed by atoms with E-state index in [1.165, 1.54) is 25.5 Å². The Hall–Kier alpha value is -3.55. The summed E-state index contributed by atoms with van der Waals surface area (Å²) in [5, 5.41) is 3.46. The molecule has 0 saturated heterocycles. The van der Waals surface area contributed by atoms with Crippen LogP contribution in [0.15, 0.2) is 53.5 Å². The number of aromatic amines is 1. The molecule has 4 N–H and O–H groups in total. The second-order valence-corrected chi connectivity index (χ2v) is 5.78. The van der Waals surface area contributed by atoms with Gasteiger partial charge in [0.25, 0.3) is 11.8 Å². The third kappa shape index (κ3) is 3.92. The Bertz CT molecular complexity index is 930. The topological polar surface area (TPSA) is 116 Å².